The van der Waals surface area contributed by atoms with Crippen molar-refractivity contribution in [3.8, 4) is 11.3 Å². The lowest BCUT2D eigenvalue weighted by atomic mass is 9.81. The number of ketones is 1. The molecule has 2 fully saturated rings. The fourth-order valence-corrected chi connectivity index (χ4v) is 6.56. The average molecular weight is 609 g/mol. The number of ether oxygens (including phenoxy) is 1. The summed E-state index contributed by atoms with van der Waals surface area (Å²) in [5, 5.41) is 1.07. The molecule has 2 amide bonds. The Labute approximate surface area is 261 Å². The maximum absolute atomic E-state index is 13.8. The monoisotopic (exact) mass is 608 g/mol. The Kier molecular flexibility index (Phi) is 8.32. The lowest BCUT2D eigenvalue weighted by molar-refractivity contribution is -0.122. The topological polar surface area (TPSA) is 93.6 Å². The molecule has 1 aromatic heterocycles. The predicted molar refractivity (Wildman–Crippen MR) is 170 cm³/mol. The van der Waals surface area contributed by atoms with Crippen LogP contribution in [0.3, 0.4) is 0 Å². The van der Waals surface area contributed by atoms with E-state index in [1.807, 2.05) is 19.9 Å². The van der Waals surface area contributed by atoms with Crippen molar-refractivity contribution in [2.45, 2.75) is 58.5 Å². The Balaban J connectivity index is 1.35. The summed E-state index contributed by atoms with van der Waals surface area (Å²) in [6.07, 6.45) is 3.54. The minimum Gasteiger partial charge on any atom is -0.450 e. The number of benzene rings is 3. The van der Waals surface area contributed by atoms with Gasteiger partial charge in [0.1, 0.15) is 0 Å². The molecule has 0 radical (unpaired) electrons. The Hall–Kier alpha value is -4.36. The van der Waals surface area contributed by atoms with E-state index in [9.17, 15) is 19.2 Å². The van der Waals surface area contributed by atoms with Gasteiger partial charge in [-0.3, -0.25) is 19.3 Å². The van der Waals surface area contributed by atoms with Crippen LogP contribution >= 0.6 is 11.6 Å². The third kappa shape index (κ3) is 5.41. The highest BCUT2D eigenvalue weighted by atomic mass is 35.5. The first-order chi connectivity index (χ1) is 21.3. The number of hydrogen-bond acceptors (Lipinski definition) is 6. The largest absolute Gasteiger partial charge is 0.450 e. The number of nitrogens with zero attached hydrogens (tertiary/aromatic N) is 2. The zero-order valence-electron chi connectivity index (χ0n) is 24.7. The van der Waals surface area contributed by atoms with E-state index < -0.39 is 12.1 Å². The number of aromatic nitrogens is 1. The highest BCUT2D eigenvalue weighted by Gasteiger charge is 2.48. The van der Waals surface area contributed by atoms with Crippen LogP contribution in [0.15, 0.2) is 72.8 Å². The lowest BCUT2D eigenvalue weighted by Gasteiger charge is -2.19. The number of imide groups is 1. The maximum Gasteiger partial charge on any atom is 0.339 e. The summed E-state index contributed by atoms with van der Waals surface area (Å²) in [6.45, 7) is 3.77. The van der Waals surface area contributed by atoms with Crippen molar-refractivity contribution < 1.29 is 23.9 Å². The van der Waals surface area contributed by atoms with E-state index in [0.29, 0.717) is 56.8 Å². The van der Waals surface area contributed by atoms with Gasteiger partial charge in [0.15, 0.2) is 6.10 Å². The molecule has 4 aromatic rings. The van der Waals surface area contributed by atoms with Gasteiger partial charge in [-0.15, -0.1) is 0 Å². The predicted octanol–water partition coefficient (Wildman–Crippen LogP) is 7.75. The van der Waals surface area contributed by atoms with Crippen LogP contribution < -0.4 is 4.90 Å². The van der Waals surface area contributed by atoms with E-state index in [1.165, 1.54) is 4.90 Å². The molecule has 3 aromatic carbocycles. The second-order valence-electron chi connectivity index (χ2n) is 11.6. The Morgan fingerprint density at radius 1 is 0.955 bits per heavy atom. The van der Waals surface area contributed by atoms with Crippen molar-refractivity contribution in [1.82, 2.24) is 4.98 Å². The quantitative estimate of drug-likeness (QED) is 0.115. The second kappa shape index (κ2) is 12.3. The van der Waals surface area contributed by atoms with Crippen molar-refractivity contribution in [1.29, 1.82) is 0 Å². The highest BCUT2D eigenvalue weighted by molar-refractivity contribution is 6.32. The number of fused-ring (bicyclic) bond motifs is 2. The van der Waals surface area contributed by atoms with E-state index in [-0.39, 0.29) is 35.0 Å². The Morgan fingerprint density at radius 2 is 1.61 bits per heavy atom. The van der Waals surface area contributed by atoms with Crippen LogP contribution in [0.5, 0.6) is 0 Å². The van der Waals surface area contributed by atoms with Crippen LogP contribution in [-0.2, 0) is 14.3 Å². The number of amides is 2. The Bertz CT molecular complexity index is 1750. The molecule has 224 valence electrons. The van der Waals surface area contributed by atoms with E-state index in [4.69, 9.17) is 21.3 Å². The molecule has 0 bridgehead atoms. The van der Waals surface area contributed by atoms with E-state index in [1.54, 1.807) is 66.7 Å². The van der Waals surface area contributed by atoms with Crippen LogP contribution in [0.2, 0.25) is 5.02 Å². The number of rotatable bonds is 8. The molecular formula is C36H33ClN2O5. The standard InChI is InChI=1S/C36H33ClN2O5/c1-3-9-31(33(40)23-10-5-4-6-11-23)44-36(43)28-20-30(38-32-21(2)29(37)19-18-25(28)32)22-14-16-24(17-15-22)39-34(41)26-12-7-8-13-27(26)35(39)42/h4-6,10-11,14-20,26-27,31H,3,7-9,12-13H2,1-2H3. The number of Topliss-reactive ketones (excluding diaryl/α,β-unsaturated/α-hetero) is 1. The number of anilines is 1. The first-order valence-corrected chi connectivity index (χ1v) is 15.5. The van der Waals surface area contributed by atoms with Gasteiger partial charge in [0.05, 0.1) is 34.3 Å². The third-order valence-electron chi connectivity index (χ3n) is 8.80. The molecule has 2 aliphatic rings. The summed E-state index contributed by atoms with van der Waals surface area (Å²) >= 11 is 6.46. The van der Waals surface area contributed by atoms with Gasteiger partial charge >= 0.3 is 5.97 Å². The maximum atomic E-state index is 13.8. The van der Waals surface area contributed by atoms with Crippen LogP contribution in [0, 0.1) is 18.8 Å². The number of carbonyl (C=O) groups is 4. The average Bonchev–Trinajstić information content (AvgIpc) is 3.31. The number of pyridine rings is 1. The summed E-state index contributed by atoms with van der Waals surface area (Å²) in [6, 6.07) is 21.0. The summed E-state index contributed by atoms with van der Waals surface area (Å²) in [5.74, 6) is -1.60. The molecule has 6 rings (SSSR count). The van der Waals surface area contributed by atoms with E-state index in [0.717, 1.165) is 25.7 Å². The van der Waals surface area contributed by atoms with E-state index >= 15 is 0 Å². The van der Waals surface area contributed by atoms with Crippen molar-refractivity contribution in [2.24, 2.45) is 11.8 Å². The van der Waals surface area contributed by atoms with Gasteiger partial charge in [0.2, 0.25) is 17.6 Å². The van der Waals surface area contributed by atoms with Gasteiger partial charge in [0.25, 0.3) is 0 Å². The first kappa shape index (κ1) is 29.7. The summed E-state index contributed by atoms with van der Waals surface area (Å²) in [4.78, 5) is 59.4. The Morgan fingerprint density at radius 3 is 2.25 bits per heavy atom. The van der Waals surface area contributed by atoms with Crippen molar-refractivity contribution in [3.63, 3.8) is 0 Å². The molecule has 3 unspecified atom stereocenters. The lowest BCUT2D eigenvalue weighted by Crippen LogP contribution is -2.30. The molecule has 8 heteroatoms. The third-order valence-corrected chi connectivity index (χ3v) is 9.21. The molecule has 1 saturated heterocycles. The molecule has 0 N–H and O–H groups in total. The van der Waals surface area contributed by atoms with Gasteiger partial charge in [-0.05, 0) is 56.0 Å². The fourth-order valence-electron chi connectivity index (χ4n) is 6.41. The van der Waals surface area contributed by atoms with Crippen molar-refractivity contribution in [3.05, 3.63) is 94.5 Å². The van der Waals surface area contributed by atoms with Crippen LogP contribution in [0.1, 0.15) is 71.7 Å². The van der Waals surface area contributed by atoms with E-state index in [2.05, 4.69) is 0 Å². The molecule has 1 saturated carbocycles. The molecular weight excluding hydrogens is 576 g/mol. The second-order valence-corrected chi connectivity index (χ2v) is 12.0. The van der Waals surface area contributed by atoms with Crippen molar-refractivity contribution >= 4 is 51.8 Å². The molecule has 3 atom stereocenters. The summed E-state index contributed by atoms with van der Waals surface area (Å²) in [7, 11) is 0. The first-order valence-electron chi connectivity index (χ1n) is 15.2. The summed E-state index contributed by atoms with van der Waals surface area (Å²) in [5.41, 5.74) is 3.71. The van der Waals surface area contributed by atoms with Crippen LogP contribution in [0.25, 0.3) is 22.2 Å². The smallest absolute Gasteiger partial charge is 0.339 e. The zero-order valence-corrected chi connectivity index (χ0v) is 25.5. The molecule has 7 nitrogen and oxygen atoms in total. The van der Waals surface area contributed by atoms with Gasteiger partial charge in [0, 0.05) is 21.5 Å². The van der Waals surface area contributed by atoms with Gasteiger partial charge in [-0.2, -0.15) is 0 Å². The number of carbonyl (C=O) groups excluding carboxylic acids is 4. The van der Waals surface area contributed by atoms with Gasteiger partial charge in [-0.25, -0.2) is 9.78 Å². The number of esters is 1. The molecule has 0 spiro atoms. The van der Waals surface area contributed by atoms with Crippen molar-refractivity contribution in [2.75, 3.05) is 4.90 Å². The van der Waals surface area contributed by atoms with Crippen LogP contribution in [-0.4, -0.2) is 34.7 Å². The number of hydrogen-bond donors (Lipinski definition) is 0. The molecule has 2 heterocycles. The van der Waals surface area contributed by atoms with Gasteiger partial charge < -0.3 is 4.74 Å². The highest BCUT2D eigenvalue weighted by Crippen LogP contribution is 2.40. The number of halogens is 1. The fraction of sp³-hybridized carbons (Fsp3) is 0.306. The van der Waals surface area contributed by atoms with Crippen LogP contribution in [0.4, 0.5) is 5.69 Å². The normalized spacial score (nSPS) is 18.8. The minimum absolute atomic E-state index is 0.127. The molecule has 1 aliphatic carbocycles. The minimum atomic E-state index is -0.937. The zero-order chi connectivity index (χ0) is 31.0. The molecule has 1 aliphatic heterocycles. The molecule has 44 heavy (non-hydrogen) atoms. The number of aryl methyl sites for hydroxylation is 1. The SMILES string of the molecule is CCCC(OC(=O)c1cc(-c2ccc(N3C(=O)C4CCCCC4C3=O)cc2)nc2c(C)c(Cl)ccc12)C(=O)c1ccccc1. The summed E-state index contributed by atoms with van der Waals surface area (Å²) < 4.78 is 5.89. The van der Waals surface area contributed by atoms with Gasteiger partial charge in [-0.1, -0.05) is 86.3 Å².